The topological polar surface area (TPSA) is 63.8 Å². The van der Waals surface area contributed by atoms with Crippen molar-refractivity contribution in [3.63, 3.8) is 0 Å². The molecule has 2 aromatic rings. The largest absolute Gasteiger partial charge is 0.387 e. The fourth-order valence-corrected chi connectivity index (χ4v) is 3.07. The number of halogens is 1. The van der Waals surface area contributed by atoms with Crippen LogP contribution in [-0.4, -0.2) is 24.5 Å². The molecule has 104 valence electrons. The van der Waals surface area contributed by atoms with Gasteiger partial charge in [-0.15, -0.1) is 5.10 Å². The summed E-state index contributed by atoms with van der Waals surface area (Å²) in [5.74, 6) is 0.244. The summed E-state index contributed by atoms with van der Waals surface area (Å²) in [5, 5.41) is 19.3. The highest BCUT2D eigenvalue weighted by Crippen LogP contribution is 2.31. The Bertz CT molecular complexity index is 578. The molecule has 19 heavy (non-hydrogen) atoms. The van der Waals surface area contributed by atoms with Gasteiger partial charge in [0.15, 0.2) is 0 Å². The van der Waals surface area contributed by atoms with Crippen LogP contribution in [0.25, 0.3) is 0 Å². The number of hydrogen-bond acceptors (Lipinski definition) is 5. The molecule has 0 aliphatic rings. The Kier molecular flexibility index (Phi) is 4.23. The van der Waals surface area contributed by atoms with Crippen molar-refractivity contribution >= 4 is 23.1 Å². The molecule has 0 radical (unpaired) electrons. The van der Waals surface area contributed by atoms with E-state index in [-0.39, 0.29) is 5.92 Å². The second-order valence-corrected chi connectivity index (χ2v) is 6.02. The monoisotopic (exact) mass is 300 g/mol. The van der Waals surface area contributed by atoms with Crippen molar-refractivity contribution in [2.24, 2.45) is 7.05 Å². The molecule has 1 atom stereocenters. The first kappa shape index (κ1) is 14.4. The SMILES string of the molecule is Cc1nn(C)c(Cl)c1CC(O)c1snnc1C(C)C. The number of aromatic nitrogens is 4. The molecule has 0 amide bonds. The minimum Gasteiger partial charge on any atom is -0.387 e. The molecule has 7 heteroatoms. The molecule has 1 N–H and O–H groups in total. The average Bonchev–Trinajstić information content (AvgIpc) is 2.90. The van der Waals surface area contributed by atoms with Crippen LogP contribution in [0.15, 0.2) is 0 Å². The maximum absolute atomic E-state index is 10.4. The zero-order valence-corrected chi connectivity index (χ0v) is 13.0. The van der Waals surface area contributed by atoms with Crippen molar-refractivity contribution in [2.75, 3.05) is 0 Å². The maximum atomic E-state index is 10.4. The van der Waals surface area contributed by atoms with Gasteiger partial charge in [-0.25, -0.2) is 0 Å². The van der Waals surface area contributed by atoms with E-state index in [1.165, 1.54) is 11.5 Å². The third-order valence-corrected chi connectivity index (χ3v) is 4.37. The van der Waals surface area contributed by atoms with Crippen molar-refractivity contribution in [3.05, 3.63) is 27.0 Å². The van der Waals surface area contributed by atoms with Crippen LogP contribution in [-0.2, 0) is 13.5 Å². The summed E-state index contributed by atoms with van der Waals surface area (Å²) >= 11 is 7.43. The number of hydrogen-bond donors (Lipinski definition) is 1. The Morgan fingerprint density at radius 2 is 2.11 bits per heavy atom. The second-order valence-electron chi connectivity index (χ2n) is 4.88. The lowest BCUT2D eigenvalue weighted by atomic mass is 10.0. The van der Waals surface area contributed by atoms with Crippen molar-refractivity contribution in [3.8, 4) is 0 Å². The zero-order chi connectivity index (χ0) is 14.2. The molecule has 0 fully saturated rings. The highest BCUT2D eigenvalue weighted by atomic mass is 35.5. The highest BCUT2D eigenvalue weighted by Gasteiger charge is 2.22. The Hall–Kier alpha value is -0.980. The maximum Gasteiger partial charge on any atom is 0.130 e. The predicted octanol–water partition coefficient (Wildman–Crippen LogP) is 2.63. The molecule has 0 bridgehead atoms. The quantitative estimate of drug-likeness (QED) is 0.943. The summed E-state index contributed by atoms with van der Waals surface area (Å²) in [6.07, 6.45) is -0.208. The molecule has 2 rings (SSSR count). The van der Waals surface area contributed by atoms with E-state index in [0.29, 0.717) is 11.6 Å². The summed E-state index contributed by atoms with van der Waals surface area (Å²) in [5.41, 5.74) is 2.57. The predicted molar refractivity (Wildman–Crippen MR) is 75.6 cm³/mol. The minimum absolute atomic E-state index is 0.244. The molecule has 2 aromatic heterocycles. The van der Waals surface area contributed by atoms with Crippen molar-refractivity contribution in [2.45, 2.75) is 39.2 Å². The molecular weight excluding hydrogens is 284 g/mol. The molecule has 5 nitrogen and oxygen atoms in total. The van der Waals surface area contributed by atoms with E-state index >= 15 is 0 Å². The first-order valence-electron chi connectivity index (χ1n) is 6.10. The minimum atomic E-state index is -0.641. The normalized spacial score (nSPS) is 13.2. The third kappa shape index (κ3) is 2.80. The summed E-state index contributed by atoms with van der Waals surface area (Å²) in [6, 6.07) is 0. The summed E-state index contributed by atoms with van der Waals surface area (Å²) < 4.78 is 5.55. The molecule has 0 aromatic carbocycles. The van der Waals surface area contributed by atoms with Gasteiger partial charge in [-0.3, -0.25) is 4.68 Å². The Balaban J connectivity index is 2.26. The van der Waals surface area contributed by atoms with Crippen LogP contribution in [0.1, 0.15) is 47.7 Å². The Morgan fingerprint density at radius 1 is 1.42 bits per heavy atom. The van der Waals surface area contributed by atoms with Crippen LogP contribution in [0.2, 0.25) is 5.15 Å². The van der Waals surface area contributed by atoms with Gasteiger partial charge in [0.1, 0.15) is 5.15 Å². The molecule has 0 saturated heterocycles. The Morgan fingerprint density at radius 3 is 2.63 bits per heavy atom. The van der Waals surface area contributed by atoms with E-state index in [2.05, 4.69) is 14.7 Å². The fraction of sp³-hybridized carbons (Fsp3) is 0.583. The Labute approximate surface area is 121 Å². The highest BCUT2D eigenvalue weighted by molar-refractivity contribution is 7.05. The third-order valence-electron chi connectivity index (χ3n) is 3.06. The van der Waals surface area contributed by atoms with Gasteiger partial charge in [0, 0.05) is 19.0 Å². The summed E-state index contributed by atoms with van der Waals surface area (Å²) in [7, 11) is 1.79. The van der Waals surface area contributed by atoms with E-state index in [1.807, 2.05) is 20.8 Å². The lowest BCUT2D eigenvalue weighted by Crippen LogP contribution is -2.05. The molecule has 0 spiro atoms. The van der Waals surface area contributed by atoms with Crippen LogP contribution in [0.3, 0.4) is 0 Å². The van der Waals surface area contributed by atoms with Crippen molar-refractivity contribution < 1.29 is 5.11 Å². The molecule has 0 saturated carbocycles. The number of aliphatic hydroxyl groups excluding tert-OH is 1. The molecule has 0 aliphatic heterocycles. The van der Waals surface area contributed by atoms with Gasteiger partial charge < -0.3 is 5.11 Å². The standard InChI is InChI=1S/C12H17ClN4OS/c1-6(2)10-11(19-16-14-10)9(18)5-8-7(3)15-17(4)12(8)13/h6,9,18H,5H2,1-4H3. The van der Waals surface area contributed by atoms with E-state index in [4.69, 9.17) is 11.6 Å². The first-order valence-corrected chi connectivity index (χ1v) is 7.25. The van der Waals surface area contributed by atoms with Gasteiger partial charge in [-0.05, 0) is 24.4 Å². The van der Waals surface area contributed by atoms with Gasteiger partial charge in [-0.1, -0.05) is 29.9 Å². The van der Waals surface area contributed by atoms with E-state index in [9.17, 15) is 5.11 Å². The summed E-state index contributed by atoms with van der Waals surface area (Å²) in [4.78, 5) is 0.814. The first-order chi connectivity index (χ1) is 8.91. The average molecular weight is 301 g/mol. The van der Waals surface area contributed by atoms with Crippen LogP contribution < -0.4 is 0 Å². The summed E-state index contributed by atoms with van der Waals surface area (Å²) in [6.45, 7) is 5.97. The van der Waals surface area contributed by atoms with E-state index < -0.39 is 6.10 Å². The molecular formula is C12H17ClN4OS. The van der Waals surface area contributed by atoms with Gasteiger partial charge >= 0.3 is 0 Å². The van der Waals surface area contributed by atoms with Crippen LogP contribution in [0.5, 0.6) is 0 Å². The van der Waals surface area contributed by atoms with E-state index in [0.717, 1.165) is 21.8 Å². The number of aryl methyl sites for hydroxylation is 2. The zero-order valence-electron chi connectivity index (χ0n) is 11.4. The van der Waals surface area contributed by atoms with Crippen molar-refractivity contribution in [1.29, 1.82) is 0 Å². The second kappa shape index (κ2) is 5.56. The van der Waals surface area contributed by atoms with Gasteiger partial charge in [0.2, 0.25) is 0 Å². The smallest absolute Gasteiger partial charge is 0.130 e. The molecule has 0 aliphatic carbocycles. The van der Waals surface area contributed by atoms with E-state index in [1.54, 1.807) is 11.7 Å². The van der Waals surface area contributed by atoms with Gasteiger partial charge in [0.05, 0.1) is 22.4 Å². The lowest BCUT2D eigenvalue weighted by Gasteiger charge is -2.11. The molecule has 1 unspecified atom stereocenters. The van der Waals surface area contributed by atoms with Crippen LogP contribution in [0, 0.1) is 6.92 Å². The number of nitrogens with zero attached hydrogens (tertiary/aromatic N) is 4. The number of aliphatic hydroxyl groups is 1. The van der Waals surface area contributed by atoms with Crippen LogP contribution >= 0.6 is 23.1 Å². The number of rotatable bonds is 4. The van der Waals surface area contributed by atoms with Gasteiger partial charge in [-0.2, -0.15) is 5.10 Å². The lowest BCUT2D eigenvalue weighted by molar-refractivity contribution is 0.180. The van der Waals surface area contributed by atoms with Gasteiger partial charge in [0.25, 0.3) is 0 Å². The molecule has 2 heterocycles. The van der Waals surface area contributed by atoms with Crippen LogP contribution in [0.4, 0.5) is 0 Å². The van der Waals surface area contributed by atoms with Crippen molar-refractivity contribution in [1.82, 2.24) is 19.4 Å². The fourth-order valence-electron chi connectivity index (χ4n) is 2.03.